The first-order valence-corrected chi connectivity index (χ1v) is 10.1. The van der Waals surface area contributed by atoms with Gasteiger partial charge in [-0.25, -0.2) is 9.38 Å². The van der Waals surface area contributed by atoms with Crippen LogP contribution in [0.5, 0.6) is 0 Å². The number of aliphatic hydroxyl groups excluding tert-OH is 1. The number of hydrogen-bond acceptors (Lipinski definition) is 3. The van der Waals surface area contributed by atoms with Gasteiger partial charge in [0.05, 0.1) is 18.3 Å². The number of halogens is 1. The summed E-state index contributed by atoms with van der Waals surface area (Å²) in [6, 6.07) is 5.51. The van der Waals surface area contributed by atoms with Crippen molar-refractivity contribution >= 4 is 11.6 Å². The van der Waals surface area contributed by atoms with Gasteiger partial charge in [0.1, 0.15) is 5.82 Å². The van der Waals surface area contributed by atoms with Crippen LogP contribution in [0, 0.1) is 11.7 Å². The number of aliphatic imine (C=N–C) groups is 1. The number of benzene rings is 1. The first-order chi connectivity index (χ1) is 12.8. The molecule has 0 radical (unpaired) electrons. The molecule has 0 bridgehead atoms. The number of nitrogens with two attached hydrogens (primary N) is 1. The Morgan fingerprint density at radius 2 is 2.00 bits per heavy atom. The van der Waals surface area contributed by atoms with Gasteiger partial charge in [-0.1, -0.05) is 32.8 Å². The number of anilines is 1. The molecule has 2 rings (SSSR count). The van der Waals surface area contributed by atoms with Gasteiger partial charge in [-0.2, -0.15) is 0 Å². The first-order valence-electron chi connectivity index (χ1n) is 10.1. The van der Waals surface area contributed by atoms with Gasteiger partial charge < -0.3 is 21.1 Å². The predicted octanol–water partition coefficient (Wildman–Crippen LogP) is 3.41. The van der Waals surface area contributed by atoms with Crippen molar-refractivity contribution < 1.29 is 9.50 Å². The molecule has 1 aliphatic heterocycles. The van der Waals surface area contributed by atoms with E-state index in [2.05, 4.69) is 31.1 Å². The molecule has 5 nitrogen and oxygen atoms in total. The number of piperidine rings is 1. The SMILES string of the molecule is CC(C)CCCC(C)NC(N)=NCc1ccc(N2CCC(O)CC2)c(F)c1. The lowest BCUT2D eigenvalue weighted by atomic mass is 10.0. The highest BCUT2D eigenvalue weighted by atomic mass is 19.1. The second-order valence-corrected chi connectivity index (χ2v) is 8.08. The maximum atomic E-state index is 14.5. The van der Waals surface area contributed by atoms with Crippen LogP contribution < -0.4 is 16.0 Å². The van der Waals surface area contributed by atoms with E-state index < -0.39 is 0 Å². The van der Waals surface area contributed by atoms with Crippen molar-refractivity contribution in [2.45, 2.75) is 71.6 Å². The molecule has 0 aliphatic carbocycles. The van der Waals surface area contributed by atoms with Crippen LogP contribution in [0.4, 0.5) is 10.1 Å². The molecule has 1 heterocycles. The lowest BCUT2D eigenvalue weighted by molar-refractivity contribution is 0.145. The Bertz CT molecular complexity index is 612. The summed E-state index contributed by atoms with van der Waals surface area (Å²) in [4.78, 5) is 6.33. The van der Waals surface area contributed by atoms with Crippen LogP contribution >= 0.6 is 0 Å². The van der Waals surface area contributed by atoms with E-state index in [0.29, 0.717) is 44.1 Å². The molecular weight excluding hydrogens is 343 g/mol. The van der Waals surface area contributed by atoms with E-state index in [1.165, 1.54) is 18.9 Å². The Kier molecular flexibility index (Phi) is 8.35. The van der Waals surface area contributed by atoms with E-state index in [9.17, 15) is 9.50 Å². The highest BCUT2D eigenvalue weighted by molar-refractivity contribution is 5.78. The number of hydrogen-bond donors (Lipinski definition) is 3. The average molecular weight is 379 g/mol. The maximum Gasteiger partial charge on any atom is 0.189 e. The number of aliphatic hydroxyl groups is 1. The molecule has 0 aromatic heterocycles. The molecule has 1 aliphatic rings. The summed E-state index contributed by atoms with van der Waals surface area (Å²) in [5.41, 5.74) is 7.36. The second kappa shape index (κ2) is 10.5. The van der Waals surface area contributed by atoms with Crippen molar-refractivity contribution in [2.24, 2.45) is 16.6 Å². The zero-order chi connectivity index (χ0) is 19.8. The molecule has 0 amide bonds. The predicted molar refractivity (Wildman–Crippen MR) is 110 cm³/mol. The molecule has 6 heteroatoms. The Morgan fingerprint density at radius 3 is 2.63 bits per heavy atom. The van der Waals surface area contributed by atoms with Crippen molar-refractivity contribution in [1.29, 1.82) is 0 Å². The molecular formula is C21H35FN4O. The van der Waals surface area contributed by atoms with E-state index in [1.807, 2.05) is 11.0 Å². The minimum Gasteiger partial charge on any atom is -0.393 e. The molecule has 27 heavy (non-hydrogen) atoms. The third kappa shape index (κ3) is 7.37. The second-order valence-electron chi connectivity index (χ2n) is 8.08. The van der Waals surface area contributed by atoms with Crippen LogP contribution in [-0.2, 0) is 6.54 Å². The van der Waals surface area contributed by atoms with Crippen molar-refractivity contribution in [3.05, 3.63) is 29.6 Å². The van der Waals surface area contributed by atoms with Crippen molar-refractivity contribution in [3.63, 3.8) is 0 Å². The third-order valence-electron chi connectivity index (χ3n) is 5.06. The van der Waals surface area contributed by atoms with Crippen LogP contribution in [0.2, 0.25) is 0 Å². The average Bonchev–Trinajstić information content (AvgIpc) is 2.60. The first kappa shape index (κ1) is 21.5. The molecule has 152 valence electrons. The Labute approximate surface area is 162 Å². The zero-order valence-electron chi connectivity index (χ0n) is 16.9. The summed E-state index contributed by atoms with van der Waals surface area (Å²) in [6.07, 6.45) is 4.54. The van der Waals surface area contributed by atoms with Crippen LogP contribution in [0.15, 0.2) is 23.2 Å². The highest BCUT2D eigenvalue weighted by Crippen LogP contribution is 2.24. The largest absolute Gasteiger partial charge is 0.393 e. The zero-order valence-corrected chi connectivity index (χ0v) is 16.9. The lowest BCUT2D eigenvalue weighted by Crippen LogP contribution is -2.38. The molecule has 4 N–H and O–H groups in total. The summed E-state index contributed by atoms with van der Waals surface area (Å²) >= 11 is 0. The van der Waals surface area contributed by atoms with Gasteiger partial charge in [0.15, 0.2) is 5.96 Å². The number of nitrogens with zero attached hydrogens (tertiary/aromatic N) is 2. The van der Waals surface area contributed by atoms with E-state index in [0.717, 1.165) is 17.9 Å². The number of rotatable bonds is 8. The molecule has 1 aromatic carbocycles. The van der Waals surface area contributed by atoms with Gasteiger partial charge >= 0.3 is 0 Å². The summed E-state index contributed by atoms with van der Waals surface area (Å²) in [6.45, 7) is 8.28. The van der Waals surface area contributed by atoms with Gasteiger partial charge in [-0.05, 0) is 49.8 Å². The quantitative estimate of drug-likeness (QED) is 0.479. The standard InChI is InChI=1S/C21H35FN4O/c1-15(2)5-4-6-16(3)25-21(23)24-14-17-7-8-20(19(22)13-17)26-11-9-18(27)10-12-26/h7-8,13,15-16,18,27H,4-6,9-12,14H2,1-3H3,(H3,23,24,25). The van der Waals surface area contributed by atoms with E-state index in [4.69, 9.17) is 5.73 Å². The number of guanidine groups is 1. The van der Waals surface area contributed by atoms with E-state index in [1.54, 1.807) is 6.07 Å². The minimum absolute atomic E-state index is 0.243. The highest BCUT2D eigenvalue weighted by Gasteiger charge is 2.19. The molecule has 0 spiro atoms. The van der Waals surface area contributed by atoms with E-state index in [-0.39, 0.29) is 18.0 Å². The molecule has 1 unspecified atom stereocenters. The van der Waals surface area contributed by atoms with Crippen LogP contribution in [-0.4, -0.2) is 36.3 Å². The summed E-state index contributed by atoms with van der Waals surface area (Å²) in [7, 11) is 0. The molecule has 1 atom stereocenters. The summed E-state index contributed by atoms with van der Waals surface area (Å²) < 4.78 is 14.5. The van der Waals surface area contributed by atoms with Gasteiger partial charge in [-0.3, -0.25) is 0 Å². The van der Waals surface area contributed by atoms with Crippen LogP contribution in [0.3, 0.4) is 0 Å². The normalized spacial score (nSPS) is 17.4. The fraction of sp³-hybridized carbons (Fsp3) is 0.667. The van der Waals surface area contributed by atoms with Gasteiger partial charge in [-0.15, -0.1) is 0 Å². The monoisotopic (exact) mass is 378 g/mol. The smallest absolute Gasteiger partial charge is 0.189 e. The fourth-order valence-corrected chi connectivity index (χ4v) is 3.39. The maximum absolute atomic E-state index is 14.5. The molecule has 0 saturated carbocycles. The Morgan fingerprint density at radius 1 is 1.30 bits per heavy atom. The van der Waals surface area contributed by atoms with Crippen LogP contribution in [0.1, 0.15) is 58.4 Å². The Hall–Kier alpha value is -1.82. The molecule has 1 saturated heterocycles. The molecule has 1 aromatic rings. The third-order valence-corrected chi connectivity index (χ3v) is 5.06. The number of nitrogens with one attached hydrogen (secondary N) is 1. The van der Waals surface area contributed by atoms with Crippen molar-refractivity contribution in [1.82, 2.24) is 5.32 Å². The topological polar surface area (TPSA) is 73.9 Å². The van der Waals surface area contributed by atoms with Gasteiger partial charge in [0.25, 0.3) is 0 Å². The lowest BCUT2D eigenvalue weighted by Gasteiger charge is -2.31. The minimum atomic E-state index is -0.263. The summed E-state index contributed by atoms with van der Waals surface area (Å²) in [5.74, 6) is 0.880. The van der Waals surface area contributed by atoms with Crippen LogP contribution in [0.25, 0.3) is 0 Å². The Balaban J connectivity index is 1.84. The van der Waals surface area contributed by atoms with Crippen molar-refractivity contribution in [3.8, 4) is 0 Å². The fourth-order valence-electron chi connectivity index (χ4n) is 3.39. The van der Waals surface area contributed by atoms with Gasteiger partial charge in [0.2, 0.25) is 0 Å². The van der Waals surface area contributed by atoms with Gasteiger partial charge in [0, 0.05) is 19.1 Å². The van der Waals surface area contributed by atoms with Crippen molar-refractivity contribution in [2.75, 3.05) is 18.0 Å². The summed E-state index contributed by atoms with van der Waals surface area (Å²) in [5, 5.41) is 12.8. The molecule has 1 fully saturated rings. The van der Waals surface area contributed by atoms with E-state index >= 15 is 0 Å².